The highest BCUT2D eigenvalue weighted by atomic mass is 32.2. The minimum atomic E-state index is -3.67. The first-order chi connectivity index (χ1) is 19.4. The van der Waals surface area contributed by atoms with Crippen LogP contribution in [-0.2, 0) is 14.8 Å². The molecule has 4 aromatic rings. The standard InChI is InChI=1S/C32H33N3O4S/c1-25-10-8-9-15-30(25)39-24-31(36)33-28-16-18-29(19-17-28)40(37,38)35-22-20-34(21-23-35)32(26-11-4-2-5-12-26)27-13-6-3-7-14-27/h2-19,32H,20-24H2,1H3,(H,33,36). The van der Waals surface area contributed by atoms with Gasteiger partial charge in [-0.15, -0.1) is 0 Å². The van der Waals surface area contributed by atoms with E-state index in [0.29, 0.717) is 37.6 Å². The number of sulfonamides is 1. The monoisotopic (exact) mass is 555 g/mol. The highest BCUT2D eigenvalue weighted by molar-refractivity contribution is 7.89. The van der Waals surface area contributed by atoms with Crippen molar-refractivity contribution in [3.63, 3.8) is 0 Å². The Morgan fingerprint density at radius 1 is 0.775 bits per heavy atom. The van der Waals surface area contributed by atoms with Gasteiger partial charge in [-0.25, -0.2) is 8.42 Å². The Morgan fingerprint density at radius 3 is 1.90 bits per heavy atom. The number of amides is 1. The van der Waals surface area contributed by atoms with Gasteiger partial charge in [0.15, 0.2) is 6.61 Å². The van der Waals surface area contributed by atoms with Crippen LogP contribution in [0.5, 0.6) is 5.75 Å². The van der Waals surface area contributed by atoms with Crippen LogP contribution in [-0.4, -0.2) is 56.3 Å². The number of carbonyl (C=O) groups is 1. The van der Waals surface area contributed by atoms with E-state index >= 15 is 0 Å². The van der Waals surface area contributed by atoms with Crippen molar-refractivity contribution in [1.29, 1.82) is 0 Å². The Kier molecular flexibility index (Phi) is 8.60. The van der Waals surface area contributed by atoms with Crippen molar-refractivity contribution in [3.8, 4) is 5.75 Å². The molecule has 5 rings (SSSR count). The fourth-order valence-corrected chi connectivity index (χ4v) is 6.43. The lowest BCUT2D eigenvalue weighted by molar-refractivity contribution is -0.118. The Hall–Kier alpha value is -3.98. The minimum absolute atomic E-state index is 0.0601. The maximum atomic E-state index is 13.4. The van der Waals surface area contributed by atoms with Crippen LogP contribution in [0.15, 0.2) is 114 Å². The third-order valence-corrected chi connectivity index (χ3v) is 9.01. The van der Waals surface area contributed by atoms with Crippen LogP contribution in [0.4, 0.5) is 5.69 Å². The van der Waals surface area contributed by atoms with Crippen molar-refractivity contribution in [2.75, 3.05) is 38.1 Å². The first-order valence-electron chi connectivity index (χ1n) is 13.3. The second kappa shape index (κ2) is 12.5. The molecule has 1 heterocycles. The first kappa shape index (κ1) is 27.6. The summed E-state index contributed by atoms with van der Waals surface area (Å²) < 4.78 is 34.0. The van der Waals surface area contributed by atoms with Gasteiger partial charge in [0, 0.05) is 31.9 Å². The van der Waals surface area contributed by atoms with Crippen molar-refractivity contribution in [1.82, 2.24) is 9.21 Å². The Morgan fingerprint density at radius 2 is 1.32 bits per heavy atom. The normalized spacial score (nSPS) is 14.7. The smallest absolute Gasteiger partial charge is 0.262 e. The first-order valence-corrected chi connectivity index (χ1v) is 14.8. The molecule has 206 valence electrons. The molecule has 7 nitrogen and oxygen atoms in total. The molecule has 0 spiro atoms. The zero-order valence-electron chi connectivity index (χ0n) is 22.4. The lowest BCUT2D eigenvalue weighted by Gasteiger charge is -2.39. The fourth-order valence-electron chi connectivity index (χ4n) is 5.00. The zero-order valence-corrected chi connectivity index (χ0v) is 23.3. The van der Waals surface area contributed by atoms with Crippen molar-refractivity contribution >= 4 is 21.6 Å². The van der Waals surface area contributed by atoms with E-state index in [4.69, 9.17) is 4.74 Å². The Labute approximate surface area is 236 Å². The number of nitrogens with zero attached hydrogens (tertiary/aromatic N) is 2. The number of ether oxygens (including phenoxy) is 1. The largest absolute Gasteiger partial charge is 0.483 e. The van der Waals surface area contributed by atoms with Crippen molar-refractivity contribution < 1.29 is 17.9 Å². The second-order valence-electron chi connectivity index (χ2n) is 9.79. The van der Waals surface area contributed by atoms with E-state index in [0.717, 1.165) is 5.56 Å². The van der Waals surface area contributed by atoms with Crippen LogP contribution in [0.1, 0.15) is 22.7 Å². The SMILES string of the molecule is Cc1ccccc1OCC(=O)Nc1ccc(S(=O)(=O)N2CCN(C(c3ccccc3)c3ccccc3)CC2)cc1. The molecule has 40 heavy (non-hydrogen) atoms. The molecule has 0 atom stereocenters. The van der Waals surface area contributed by atoms with Gasteiger partial charge < -0.3 is 10.1 Å². The van der Waals surface area contributed by atoms with E-state index in [-0.39, 0.29) is 23.5 Å². The van der Waals surface area contributed by atoms with Gasteiger partial charge in [0.05, 0.1) is 10.9 Å². The van der Waals surface area contributed by atoms with Crippen molar-refractivity contribution in [3.05, 3.63) is 126 Å². The highest BCUT2D eigenvalue weighted by Gasteiger charge is 2.32. The number of carbonyl (C=O) groups excluding carboxylic acids is 1. The Bertz CT molecular complexity index is 1480. The van der Waals surface area contributed by atoms with Crippen LogP contribution >= 0.6 is 0 Å². The molecule has 1 aliphatic heterocycles. The van der Waals surface area contributed by atoms with E-state index in [1.807, 2.05) is 67.6 Å². The summed E-state index contributed by atoms with van der Waals surface area (Å²) in [5.41, 5.74) is 3.83. The molecular weight excluding hydrogens is 522 g/mol. The summed E-state index contributed by atoms with van der Waals surface area (Å²) in [6.07, 6.45) is 0. The fraction of sp³-hybridized carbons (Fsp3) is 0.219. The van der Waals surface area contributed by atoms with E-state index < -0.39 is 10.0 Å². The number of piperazine rings is 1. The number of hydrogen-bond donors (Lipinski definition) is 1. The summed E-state index contributed by atoms with van der Waals surface area (Å²) in [4.78, 5) is 14.9. The lowest BCUT2D eigenvalue weighted by Crippen LogP contribution is -2.49. The quantitative estimate of drug-likeness (QED) is 0.311. The molecule has 1 aliphatic rings. The maximum Gasteiger partial charge on any atom is 0.262 e. The molecule has 0 radical (unpaired) electrons. The van der Waals surface area contributed by atoms with Crippen molar-refractivity contribution in [2.45, 2.75) is 17.9 Å². The van der Waals surface area contributed by atoms with Crippen LogP contribution in [0.3, 0.4) is 0 Å². The predicted molar refractivity (Wildman–Crippen MR) is 157 cm³/mol. The van der Waals surface area contributed by atoms with Gasteiger partial charge in [-0.05, 0) is 53.9 Å². The van der Waals surface area contributed by atoms with Crippen LogP contribution in [0.25, 0.3) is 0 Å². The van der Waals surface area contributed by atoms with Gasteiger partial charge in [-0.2, -0.15) is 4.31 Å². The van der Waals surface area contributed by atoms with Gasteiger partial charge in [0.2, 0.25) is 10.0 Å². The molecule has 0 unspecified atom stereocenters. The summed E-state index contributed by atoms with van der Waals surface area (Å²) >= 11 is 0. The van der Waals surface area contributed by atoms with Gasteiger partial charge in [0.1, 0.15) is 5.75 Å². The molecule has 0 bridgehead atoms. The molecule has 4 aromatic carbocycles. The maximum absolute atomic E-state index is 13.4. The van der Waals surface area contributed by atoms with E-state index in [9.17, 15) is 13.2 Å². The number of benzene rings is 4. The Balaban J connectivity index is 1.20. The molecule has 8 heteroatoms. The minimum Gasteiger partial charge on any atom is -0.483 e. The number of hydrogen-bond acceptors (Lipinski definition) is 5. The number of nitrogens with one attached hydrogen (secondary N) is 1. The molecular formula is C32H33N3O4S. The molecule has 0 aromatic heterocycles. The summed E-state index contributed by atoms with van der Waals surface area (Å²) in [5.74, 6) is 0.333. The number of aryl methyl sites for hydroxylation is 1. The third kappa shape index (κ3) is 6.42. The van der Waals surface area contributed by atoms with Crippen LogP contribution in [0.2, 0.25) is 0 Å². The van der Waals surface area contributed by atoms with Crippen molar-refractivity contribution in [2.24, 2.45) is 0 Å². The average molecular weight is 556 g/mol. The van der Waals surface area contributed by atoms with E-state index in [2.05, 4.69) is 34.5 Å². The number of anilines is 1. The molecule has 1 saturated heterocycles. The number of rotatable bonds is 9. The van der Waals surface area contributed by atoms with Gasteiger partial charge in [0.25, 0.3) is 5.91 Å². The topological polar surface area (TPSA) is 78.9 Å². The molecule has 1 amide bonds. The summed E-state index contributed by atoms with van der Waals surface area (Å²) in [5, 5.41) is 2.76. The predicted octanol–water partition coefficient (Wildman–Crippen LogP) is 5.11. The molecule has 0 aliphatic carbocycles. The second-order valence-corrected chi connectivity index (χ2v) is 11.7. The van der Waals surface area contributed by atoms with Gasteiger partial charge in [-0.1, -0.05) is 78.9 Å². The summed E-state index contributed by atoms with van der Waals surface area (Å²) in [6.45, 7) is 3.80. The average Bonchev–Trinajstić information content (AvgIpc) is 2.99. The van der Waals surface area contributed by atoms with Gasteiger partial charge in [-0.3, -0.25) is 9.69 Å². The summed E-state index contributed by atoms with van der Waals surface area (Å²) in [7, 11) is -3.67. The third-order valence-electron chi connectivity index (χ3n) is 7.10. The number of para-hydroxylation sites is 1. The lowest BCUT2D eigenvalue weighted by atomic mass is 9.96. The van der Waals surface area contributed by atoms with E-state index in [1.165, 1.54) is 23.3 Å². The zero-order chi connectivity index (χ0) is 28.0. The van der Waals surface area contributed by atoms with Crippen LogP contribution < -0.4 is 10.1 Å². The van der Waals surface area contributed by atoms with Gasteiger partial charge >= 0.3 is 0 Å². The highest BCUT2D eigenvalue weighted by Crippen LogP contribution is 2.30. The molecule has 0 saturated carbocycles. The molecule has 1 fully saturated rings. The van der Waals surface area contributed by atoms with E-state index in [1.54, 1.807) is 16.4 Å². The summed E-state index contributed by atoms with van der Waals surface area (Å²) in [6, 6.07) is 34.5. The molecule has 1 N–H and O–H groups in total. The van der Waals surface area contributed by atoms with Crippen LogP contribution in [0, 0.1) is 6.92 Å².